The number of oxime groups is 1. The van der Waals surface area contributed by atoms with E-state index < -0.39 is 5.54 Å². The van der Waals surface area contributed by atoms with Crippen molar-refractivity contribution >= 4 is 11.9 Å². The Hall–Kier alpha value is -1.54. The fourth-order valence-electron chi connectivity index (χ4n) is 2.67. The summed E-state index contributed by atoms with van der Waals surface area (Å²) < 4.78 is 5.25. The van der Waals surface area contributed by atoms with Crippen LogP contribution in [0.5, 0.6) is 0 Å². The van der Waals surface area contributed by atoms with Crippen LogP contribution in [0.25, 0.3) is 0 Å². The average molecular weight is 299 g/mol. The van der Waals surface area contributed by atoms with Crippen molar-refractivity contribution in [2.45, 2.75) is 31.8 Å². The third-order valence-electron chi connectivity index (χ3n) is 4.35. The van der Waals surface area contributed by atoms with Gasteiger partial charge in [0.05, 0.1) is 18.2 Å². The van der Waals surface area contributed by atoms with Crippen LogP contribution >= 0.6 is 0 Å². The van der Waals surface area contributed by atoms with Gasteiger partial charge in [0.25, 0.3) is 0 Å². The van der Waals surface area contributed by atoms with Crippen LogP contribution in [0.15, 0.2) is 5.16 Å². The standard InChI is InChI=1S/C13H25N5O3/c1-13(2,11(14)16-20)18-6-4-17(5-7-18)12(19)15-10-3-8-21-9-10/h10,20H,3-9H2,1-2H3,(H2,14,16)(H,15,19). The van der Waals surface area contributed by atoms with Gasteiger partial charge in [0.1, 0.15) is 0 Å². The molecule has 120 valence electrons. The first-order chi connectivity index (χ1) is 9.95. The van der Waals surface area contributed by atoms with Gasteiger partial charge >= 0.3 is 6.03 Å². The molecule has 4 N–H and O–H groups in total. The number of nitrogens with zero attached hydrogens (tertiary/aromatic N) is 3. The van der Waals surface area contributed by atoms with E-state index in [9.17, 15) is 4.79 Å². The largest absolute Gasteiger partial charge is 0.409 e. The van der Waals surface area contributed by atoms with E-state index >= 15 is 0 Å². The molecule has 0 spiro atoms. The fraction of sp³-hybridized carbons (Fsp3) is 0.846. The Bertz CT molecular complexity index is 399. The second-order valence-corrected chi connectivity index (χ2v) is 6.03. The molecular formula is C13H25N5O3. The average Bonchev–Trinajstić information content (AvgIpc) is 2.99. The van der Waals surface area contributed by atoms with Crippen LogP contribution in [-0.4, -0.2) is 77.8 Å². The number of piperazine rings is 1. The van der Waals surface area contributed by atoms with Gasteiger partial charge in [-0.15, -0.1) is 0 Å². The van der Waals surface area contributed by atoms with E-state index in [-0.39, 0.29) is 17.9 Å². The summed E-state index contributed by atoms with van der Waals surface area (Å²) in [6.45, 7) is 7.77. The molecule has 2 heterocycles. The molecule has 0 aromatic carbocycles. The first kappa shape index (κ1) is 15.8. The van der Waals surface area contributed by atoms with Crippen LogP contribution in [-0.2, 0) is 4.74 Å². The highest BCUT2D eigenvalue weighted by atomic mass is 16.5. The maximum Gasteiger partial charge on any atom is 0.317 e. The topological polar surface area (TPSA) is 103 Å². The van der Waals surface area contributed by atoms with Crippen LogP contribution in [0.1, 0.15) is 20.3 Å². The lowest BCUT2D eigenvalue weighted by Crippen LogP contribution is -2.61. The molecule has 2 fully saturated rings. The minimum atomic E-state index is -0.517. The molecule has 8 nitrogen and oxygen atoms in total. The smallest absolute Gasteiger partial charge is 0.317 e. The summed E-state index contributed by atoms with van der Waals surface area (Å²) in [6, 6.07) is 0.0934. The zero-order valence-electron chi connectivity index (χ0n) is 12.7. The third kappa shape index (κ3) is 3.56. The summed E-state index contributed by atoms with van der Waals surface area (Å²) in [5.41, 5.74) is 5.22. The zero-order valence-corrected chi connectivity index (χ0v) is 12.7. The Morgan fingerprint density at radius 2 is 2.05 bits per heavy atom. The molecule has 2 rings (SSSR count). The fourth-order valence-corrected chi connectivity index (χ4v) is 2.67. The highest BCUT2D eigenvalue weighted by molar-refractivity contribution is 5.88. The SMILES string of the molecule is CC(C)(C(N)=NO)N1CCN(C(=O)NC2CCOC2)CC1. The molecule has 8 heteroatoms. The molecule has 0 radical (unpaired) electrons. The lowest BCUT2D eigenvalue weighted by atomic mass is 10.0. The zero-order chi connectivity index (χ0) is 15.5. The Balaban J connectivity index is 1.83. The molecule has 2 aliphatic heterocycles. The number of carbonyl (C=O) groups excluding carboxylic acids is 1. The molecule has 21 heavy (non-hydrogen) atoms. The van der Waals surface area contributed by atoms with Crippen LogP contribution in [0, 0.1) is 0 Å². The maximum absolute atomic E-state index is 12.2. The van der Waals surface area contributed by atoms with Gasteiger partial charge in [-0.25, -0.2) is 4.79 Å². The van der Waals surface area contributed by atoms with Crippen molar-refractivity contribution in [3.63, 3.8) is 0 Å². The van der Waals surface area contributed by atoms with Gasteiger partial charge in [-0.05, 0) is 20.3 Å². The van der Waals surface area contributed by atoms with Crippen LogP contribution in [0.3, 0.4) is 0 Å². The predicted molar refractivity (Wildman–Crippen MR) is 78.4 cm³/mol. The molecule has 0 bridgehead atoms. The first-order valence-corrected chi connectivity index (χ1v) is 7.31. The quantitative estimate of drug-likeness (QED) is 0.285. The molecule has 0 aromatic rings. The lowest BCUT2D eigenvalue weighted by molar-refractivity contribution is 0.0938. The number of carbonyl (C=O) groups is 1. The van der Waals surface area contributed by atoms with Crippen molar-refractivity contribution in [2.75, 3.05) is 39.4 Å². The Morgan fingerprint density at radius 1 is 1.38 bits per heavy atom. The second-order valence-electron chi connectivity index (χ2n) is 6.03. The van der Waals surface area contributed by atoms with E-state index in [4.69, 9.17) is 15.7 Å². The second kappa shape index (κ2) is 6.48. The summed E-state index contributed by atoms with van der Waals surface area (Å²) in [5, 5.41) is 14.9. The first-order valence-electron chi connectivity index (χ1n) is 7.31. The molecule has 2 amide bonds. The maximum atomic E-state index is 12.2. The predicted octanol–water partition coefficient (Wildman–Crippen LogP) is -0.372. The Labute approximate surface area is 124 Å². The summed E-state index contributed by atoms with van der Waals surface area (Å²) in [6.07, 6.45) is 0.877. The monoisotopic (exact) mass is 299 g/mol. The molecule has 2 saturated heterocycles. The highest BCUT2D eigenvalue weighted by Gasteiger charge is 2.35. The van der Waals surface area contributed by atoms with E-state index in [1.165, 1.54) is 0 Å². The van der Waals surface area contributed by atoms with Gasteiger partial charge in [-0.3, -0.25) is 4.90 Å². The van der Waals surface area contributed by atoms with E-state index in [1.54, 1.807) is 4.90 Å². The van der Waals surface area contributed by atoms with E-state index in [2.05, 4.69) is 15.4 Å². The van der Waals surface area contributed by atoms with Gasteiger partial charge in [0, 0.05) is 32.8 Å². The minimum Gasteiger partial charge on any atom is -0.409 e. The van der Waals surface area contributed by atoms with E-state index in [0.717, 1.165) is 6.42 Å². The van der Waals surface area contributed by atoms with Gasteiger partial charge in [0.15, 0.2) is 5.84 Å². The molecule has 0 aliphatic carbocycles. The van der Waals surface area contributed by atoms with E-state index in [1.807, 2.05) is 13.8 Å². The van der Waals surface area contributed by atoms with Gasteiger partial charge in [0.2, 0.25) is 0 Å². The van der Waals surface area contributed by atoms with E-state index in [0.29, 0.717) is 39.4 Å². The summed E-state index contributed by atoms with van der Waals surface area (Å²) >= 11 is 0. The van der Waals surface area contributed by atoms with Crippen molar-refractivity contribution in [1.82, 2.24) is 15.1 Å². The molecule has 1 unspecified atom stereocenters. The summed E-state index contributed by atoms with van der Waals surface area (Å²) in [5.74, 6) is 0.184. The number of urea groups is 1. The summed E-state index contributed by atoms with van der Waals surface area (Å²) in [4.78, 5) is 16.1. The minimum absolute atomic E-state index is 0.0354. The van der Waals surface area contributed by atoms with Crippen LogP contribution < -0.4 is 11.1 Å². The number of nitrogens with two attached hydrogens (primary N) is 1. The van der Waals surface area contributed by atoms with Gasteiger partial charge in [-0.2, -0.15) is 0 Å². The van der Waals surface area contributed by atoms with Crippen molar-refractivity contribution in [2.24, 2.45) is 10.9 Å². The molecule has 0 saturated carbocycles. The number of hydrogen-bond donors (Lipinski definition) is 3. The molecule has 1 atom stereocenters. The van der Waals surface area contributed by atoms with Crippen molar-refractivity contribution < 1.29 is 14.7 Å². The van der Waals surface area contributed by atoms with Crippen LogP contribution in [0.4, 0.5) is 4.79 Å². The number of hydrogen-bond acceptors (Lipinski definition) is 5. The molecular weight excluding hydrogens is 274 g/mol. The normalized spacial score (nSPS) is 25.1. The Morgan fingerprint density at radius 3 is 2.57 bits per heavy atom. The number of nitrogens with one attached hydrogen (secondary N) is 1. The number of rotatable bonds is 3. The highest BCUT2D eigenvalue weighted by Crippen LogP contribution is 2.17. The Kier molecular flexibility index (Phi) is 4.89. The van der Waals surface area contributed by atoms with Gasteiger partial charge < -0.3 is 25.9 Å². The van der Waals surface area contributed by atoms with Crippen molar-refractivity contribution in [1.29, 1.82) is 0 Å². The number of amidine groups is 1. The van der Waals surface area contributed by atoms with Gasteiger partial charge in [-0.1, -0.05) is 5.16 Å². The third-order valence-corrected chi connectivity index (χ3v) is 4.35. The number of amides is 2. The van der Waals surface area contributed by atoms with Crippen molar-refractivity contribution in [3.05, 3.63) is 0 Å². The van der Waals surface area contributed by atoms with Crippen LogP contribution in [0.2, 0.25) is 0 Å². The molecule has 0 aromatic heterocycles. The summed E-state index contributed by atoms with van der Waals surface area (Å²) in [7, 11) is 0. The lowest BCUT2D eigenvalue weighted by Gasteiger charge is -2.43. The van der Waals surface area contributed by atoms with Crippen molar-refractivity contribution in [3.8, 4) is 0 Å². The number of ether oxygens (including phenoxy) is 1. The molecule has 2 aliphatic rings.